The van der Waals surface area contributed by atoms with Crippen molar-refractivity contribution in [1.82, 2.24) is 0 Å². The molecule has 2 rings (SSSR count). The molecule has 0 aromatic heterocycles. The number of nitrogens with one attached hydrogen (secondary N) is 1. The second-order valence-electron chi connectivity index (χ2n) is 4.20. The van der Waals surface area contributed by atoms with Gasteiger partial charge in [-0.3, -0.25) is 9.59 Å². The molecule has 5 nitrogen and oxygen atoms in total. The van der Waals surface area contributed by atoms with Crippen LogP contribution in [0.3, 0.4) is 0 Å². The Labute approximate surface area is 115 Å². The second-order valence-corrected chi connectivity index (χ2v) is 4.20. The minimum atomic E-state index is -0.978. The zero-order valence-electron chi connectivity index (χ0n) is 10.5. The fraction of sp³-hybridized carbons (Fsp3) is 0.0667. The van der Waals surface area contributed by atoms with E-state index in [1.54, 1.807) is 36.4 Å². The maximum absolute atomic E-state index is 12.1. The lowest BCUT2D eigenvalue weighted by Crippen LogP contribution is -2.14. The number of hydrogen-bond donors (Lipinski definition) is 3. The van der Waals surface area contributed by atoms with E-state index in [4.69, 9.17) is 5.11 Å². The molecule has 0 spiro atoms. The molecular weight excluding hydrogens is 258 g/mol. The molecule has 0 unspecified atom stereocenters. The van der Waals surface area contributed by atoms with Gasteiger partial charge in [0.15, 0.2) is 0 Å². The number of aromatic hydroxyl groups is 1. The highest BCUT2D eigenvalue weighted by atomic mass is 16.4. The zero-order valence-corrected chi connectivity index (χ0v) is 10.5. The molecule has 0 aliphatic rings. The zero-order chi connectivity index (χ0) is 14.5. The summed E-state index contributed by atoms with van der Waals surface area (Å²) in [7, 11) is 0. The summed E-state index contributed by atoms with van der Waals surface area (Å²) in [6, 6.07) is 12.8. The molecule has 0 fully saturated rings. The van der Waals surface area contributed by atoms with Crippen molar-refractivity contribution in [3.05, 3.63) is 59.7 Å². The summed E-state index contributed by atoms with van der Waals surface area (Å²) in [6.07, 6.45) is -0.183. The first-order chi connectivity index (χ1) is 9.58. The van der Waals surface area contributed by atoms with Crippen LogP contribution >= 0.6 is 0 Å². The quantitative estimate of drug-likeness (QED) is 0.796. The summed E-state index contributed by atoms with van der Waals surface area (Å²) >= 11 is 0. The van der Waals surface area contributed by atoms with Gasteiger partial charge in [-0.1, -0.05) is 30.3 Å². The molecule has 0 aliphatic heterocycles. The van der Waals surface area contributed by atoms with Gasteiger partial charge in [0.25, 0.3) is 5.91 Å². The van der Waals surface area contributed by atoms with Crippen LogP contribution in [0.15, 0.2) is 48.5 Å². The van der Waals surface area contributed by atoms with E-state index in [9.17, 15) is 14.7 Å². The van der Waals surface area contributed by atoms with Crippen LogP contribution in [0.2, 0.25) is 0 Å². The van der Waals surface area contributed by atoms with E-state index in [2.05, 4.69) is 5.32 Å². The Morgan fingerprint density at radius 1 is 1.00 bits per heavy atom. The minimum absolute atomic E-state index is 0.124. The van der Waals surface area contributed by atoms with Crippen LogP contribution in [-0.2, 0) is 11.2 Å². The van der Waals surface area contributed by atoms with Crippen molar-refractivity contribution in [3.8, 4) is 5.75 Å². The van der Waals surface area contributed by atoms with Crippen molar-refractivity contribution < 1.29 is 19.8 Å². The number of carbonyl (C=O) groups is 2. The topological polar surface area (TPSA) is 86.6 Å². The van der Waals surface area contributed by atoms with Crippen molar-refractivity contribution >= 4 is 17.6 Å². The summed E-state index contributed by atoms with van der Waals surface area (Å²) < 4.78 is 0. The molecule has 2 aromatic rings. The van der Waals surface area contributed by atoms with Crippen molar-refractivity contribution in [1.29, 1.82) is 0 Å². The Morgan fingerprint density at radius 3 is 2.35 bits per heavy atom. The number of amides is 1. The average molecular weight is 271 g/mol. The van der Waals surface area contributed by atoms with Gasteiger partial charge in [0.05, 0.1) is 12.0 Å². The largest absolute Gasteiger partial charge is 0.507 e. The monoisotopic (exact) mass is 271 g/mol. The number of phenolic OH excluding ortho intramolecular Hbond substituents is 1. The first-order valence-corrected chi connectivity index (χ1v) is 5.97. The van der Waals surface area contributed by atoms with E-state index >= 15 is 0 Å². The van der Waals surface area contributed by atoms with E-state index in [0.717, 1.165) is 0 Å². The van der Waals surface area contributed by atoms with Crippen LogP contribution in [0.4, 0.5) is 5.69 Å². The Bertz CT molecular complexity index is 652. The molecule has 0 heterocycles. The van der Waals surface area contributed by atoms with Gasteiger partial charge in [0.2, 0.25) is 0 Å². The molecule has 1 amide bonds. The molecule has 102 valence electrons. The Balaban J connectivity index is 2.24. The molecule has 0 aliphatic carbocycles. The fourth-order valence-electron chi connectivity index (χ4n) is 1.81. The van der Waals surface area contributed by atoms with E-state index in [1.807, 2.05) is 0 Å². The third kappa shape index (κ3) is 3.14. The average Bonchev–Trinajstić information content (AvgIpc) is 2.41. The van der Waals surface area contributed by atoms with Crippen LogP contribution in [0, 0.1) is 0 Å². The predicted molar refractivity (Wildman–Crippen MR) is 73.8 cm³/mol. The molecule has 0 saturated heterocycles. The van der Waals surface area contributed by atoms with Gasteiger partial charge in [-0.2, -0.15) is 0 Å². The van der Waals surface area contributed by atoms with Gasteiger partial charge < -0.3 is 15.5 Å². The number of carboxylic acids is 1. The fourth-order valence-corrected chi connectivity index (χ4v) is 1.81. The van der Waals surface area contributed by atoms with Gasteiger partial charge in [-0.15, -0.1) is 0 Å². The molecule has 0 saturated carbocycles. The normalized spacial score (nSPS) is 10.0. The number of rotatable bonds is 4. The molecule has 2 aromatic carbocycles. The maximum atomic E-state index is 12.1. The van der Waals surface area contributed by atoms with Gasteiger partial charge in [0.1, 0.15) is 5.75 Å². The van der Waals surface area contributed by atoms with E-state index in [0.29, 0.717) is 11.3 Å². The number of para-hydroxylation sites is 2. The van der Waals surface area contributed by atoms with E-state index < -0.39 is 11.9 Å². The molecule has 20 heavy (non-hydrogen) atoms. The summed E-state index contributed by atoms with van der Waals surface area (Å²) in [6.45, 7) is 0. The summed E-state index contributed by atoms with van der Waals surface area (Å²) in [4.78, 5) is 22.8. The Hall–Kier alpha value is -2.82. The van der Waals surface area contributed by atoms with Crippen LogP contribution in [0.1, 0.15) is 15.9 Å². The SMILES string of the molecule is O=C(O)Cc1ccccc1NC(=O)c1ccccc1O. The number of hydrogen-bond acceptors (Lipinski definition) is 3. The summed E-state index contributed by atoms with van der Waals surface area (Å²) in [5.74, 6) is -1.59. The van der Waals surface area contributed by atoms with E-state index in [1.165, 1.54) is 12.1 Å². The van der Waals surface area contributed by atoms with Crippen LogP contribution in [0.5, 0.6) is 5.75 Å². The number of anilines is 1. The maximum Gasteiger partial charge on any atom is 0.307 e. The van der Waals surface area contributed by atoms with Crippen LogP contribution < -0.4 is 5.32 Å². The highest BCUT2D eigenvalue weighted by molar-refractivity contribution is 6.06. The standard InChI is InChI=1S/C15H13NO4/c17-13-8-4-2-6-11(13)15(20)16-12-7-3-1-5-10(12)9-14(18)19/h1-8,17H,9H2,(H,16,20)(H,18,19). The predicted octanol–water partition coefficient (Wildman–Crippen LogP) is 2.27. The van der Waals surface area contributed by atoms with Crippen molar-refractivity contribution in [2.75, 3.05) is 5.32 Å². The molecular formula is C15H13NO4. The summed E-state index contributed by atoms with van der Waals surface area (Å²) in [5.41, 5.74) is 1.06. The molecule has 5 heteroatoms. The molecule has 3 N–H and O–H groups in total. The van der Waals surface area contributed by atoms with Gasteiger partial charge in [-0.25, -0.2) is 0 Å². The van der Waals surface area contributed by atoms with Gasteiger partial charge >= 0.3 is 5.97 Å². The Kier molecular flexibility index (Phi) is 4.00. The van der Waals surface area contributed by atoms with E-state index in [-0.39, 0.29) is 17.7 Å². The van der Waals surface area contributed by atoms with Gasteiger partial charge in [-0.05, 0) is 23.8 Å². The number of aliphatic carboxylic acids is 1. The Morgan fingerprint density at radius 2 is 1.65 bits per heavy atom. The molecule has 0 atom stereocenters. The number of benzene rings is 2. The first kappa shape index (κ1) is 13.6. The minimum Gasteiger partial charge on any atom is -0.507 e. The van der Waals surface area contributed by atoms with Crippen molar-refractivity contribution in [2.24, 2.45) is 0 Å². The number of carbonyl (C=O) groups excluding carboxylic acids is 1. The van der Waals surface area contributed by atoms with Gasteiger partial charge in [0, 0.05) is 5.69 Å². The lowest BCUT2D eigenvalue weighted by Gasteiger charge is -2.10. The third-order valence-corrected chi connectivity index (χ3v) is 2.76. The summed E-state index contributed by atoms with van der Waals surface area (Å²) in [5, 5.41) is 21.1. The van der Waals surface area contributed by atoms with Crippen LogP contribution in [-0.4, -0.2) is 22.1 Å². The number of phenols is 1. The lowest BCUT2D eigenvalue weighted by molar-refractivity contribution is -0.136. The smallest absolute Gasteiger partial charge is 0.307 e. The second kappa shape index (κ2) is 5.88. The number of carboxylic acid groups (broad SMARTS) is 1. The molecule has 0 bridgehead atoms. The van der Waals surface area contributed by atoms with Crippen LogP contribution in [0.25, 0.3) is 0 Å². The third-order valence-electron chi connectivity index (χ3n) is 2.76. The highest BCUT2D eigenvalue weighted by Crippen LogP contribution is 2.20. The first-order valence-electron chi connectivity index (χ1n) is 5.97. The van der Waals surface area contributed by atoms with Crippen molar-refractivity contribution in [3.63, 3.8) is 0 Å². The molecule has 0 radical (unpaired) electrons. The lowest BCUT2D eigenvalue weighted by atomic mass is 10.1. The van der Waals surface area contributed by atoms with Crippen molar-refractivity contribution in [2.45, 2.75) is 6.42 Å². The highest BCUT2D eigenvalue weighted by Gasteiger charge is 2.13.